The van der Waals surface area contributed by atoms with Gasteiger partial charge in [0.1, 0.15) is 6.61 Å². The van der Waals surface area contributed by atoms with E-state index >= 15 is 0 Å². The minimum Gasteiger partial charge on any atom is -0.391 e. The number of likely N-dealkylation sites (tertiary alicyclic amines) is 1. The minimum atomic E-state index is -5.32. The highest BCUT2D eigenvalue weighted by Crippen LogP contribution is 2.42. The normalized spacial score (nSPS) is 37.8. The molecule has 0 amide bonds. The van der Waals surface area contributed by atoms with E-state index in [1.165, 1.54) is 12.1 Å². The Morgan fingerprint density at radius 3 is 2.63 bits per heavy atom. The third-order valence-corrected chi connectivity index (χ3v) is 5.79. The van der Waals surface area contributed by atoms with Gasteiger partial charge in [-0.2, -0.15) is 13.2 Å². The summed E-state index contributed by atoms with van der Waals surface area (Å²) in [7, 11) is 0. The van der Waals surface area contributed by atoms with Gasteiger partial charge in [-0.25, -0.2) is 0 Å². The number of aryl methyl sites for hydroxylation is 1. The molecule has 1 heterocycles. The molecule has 0 aromatic heterocycles. The van der Waals surface area contributed by atoms with E-state index < -0.39 is 87.0 Å². The average molecular weight is 504 g/mol. The van der Waals surface area contributed by atoms with E-state index in [1.807, 2.05) is 4.90 Å². The summed E-state index contributed by atoms with van der Waals surface area (Å²) in [5.41, 5.74) is -4.12. The molecule has 0 N–H and O–H groups in total. The van der Waals surface area contributed by atoms with Gasteiger partial charge in [0.2, 0.25) is 0 Å². The number of rotatable bonds is 8. The molecule has 2 aromatic carbocycles. The Balaban J connectivity index is 1.76. The Bertz CT molecular complexity index is 1670. The van der Waals surface area contributed by atoms with Crippen molar-refractivity contribution in [2.24, 2.45) is 11.0 Å². The number of hydrogen-bond acceptors (Lipinski definition) is 3. The molecule has 0 bridgehead atoms. The molecule has 3 nitrogen and oxygen atoms in total. The molecule has 2 aromatic rings. The lowest BCUT2D eigenvalue weighted by Crippen LogP contribution is -2.36. The van der Waals surface area contributed by atoms with Crippen LogP contribution in [0.4, 0.5) is 13.2 Å². The van der Waals surface area contributed by atoms with E-state index in [1.54, 1.807) is 0 Å². The van der Waals surface area contributed by atoms with E-state index in [0.717, 1.165) is 18.6 Å². The molecule has 0 atom stereocenters. The predicted octanol–water partition coefficient (Wildman–Crippen LogP) is 7.71. The molecule has 0 spiro atoms. The summed E-state index contributed by atoms with van der Waals surface area (Å²) in [6, 6.07) is 5.71. The van der Waals surface area contributed by atoms with E-state index in [4.69, 9.17) is 28.1 Å². The standard InChI is InChI=1S/C29H37F3N2O/c1-4-23-17-25(11-12-26(23)18-34-14-5-15-34)21(3)33-35-19-22-8-13-27(28(16-22)29(30,31)32)24-9-6-20(2)7-10-24/h8,11-13,16-17,20,24H,4-7,9-10,14-15,18-19H2,1-3H3/b33-21+/i1D3,3D3,4D2,6D2,7D2,9D2,10D2,20D. The van der Waals surface area contributed by atoms with Crippen LogP contribution in [-0.4, -0.2) is 23.7 Å². The maximum Gasteiger partial charge on any atom is 0.416 e. The van der Waals surface area contributed by atoms with Crippen LogP contribution >= 0.6 is 0 Å². The zero-order valence-corrected chi connectivity index (χ0v) is 19.0. The summed E-state index contributed by atoms with van der Waals surface area (Å²) in [4.78, 5) is 7.10. The van der Waals surface area contributed by atoms with Crippen molar-refractivity contribution in [2.75, 3.05) is 13.1 Å². The second kappa shape index (κ2) is 11.2. The van der Waals surface area contributed by atoms with E-state index in [9.17, 15) is 13.2 Å². The highest BCUT2D eigenvalue weighted by Gasteiger charge is 2.36. The Morgan fingerprint density at radius 2 is 1.97 bits per heavy atom. The summed E-state index contributed by atoms with van der Waals surface area (Å²) < 4.78 is 183. The largest absolute Gasteiger partial charge is 0.416 e. The number of halogens is 3. The summed E-state index contributed by atoms with van der Waals surface area (Å²) in [6.07, 6.45) is -21.4. The molecule has 1 saturated heterocycles. The van der Waals surface area contributed by atoms with E-state index in [-0.39, 0.29) is 23.2 Å². The second-order valence-electron chi connectivity index (χ2n) is 8.36. The van der Waals surface area contributed by atoms with Gasteiger partial charge in [-0.05, 0) is 97.2 Å². The van der Waals surface area contributed by atoms with Gasteiger partial charge in [0, 0.05) is 29.8 Å². The van der Waals surface area contributed by atoms with Crippen LogP contribution in [0, 0.1) is 5.89 Å². The van der Waals surface area contributed by atoms with Gasteiger partial charge in [0.25, 0.3) is 0 Å². The first-order valence-electron chi connectivity index (χ1n) is 19.5. The van der Waals surface area contributed by atoms with E-state index in [2.05, 4.69) is 5.16 Å². The number of hydrogen-bond donors (Lipinski definition) is 0. The number of benzene rings is 2. The molecule has 4 rings (SSSR count). The molecule has 2 aliphatic rings. The van der Waals surface area contributed by atoms with Crippen LogP contribution in [0.15, 0.2) is 41.6 Å². The number of alkyl halides is 3. The first kappa shape index (κ1) is 11.8. The van der Waals surface area contributed by atoms with Crippen LogP contribution in [0.2, 0.25) is 0 Å². The van der Waals surface area contributed by atoms with Gasteiger partial charge in [-0.15, -0.1) is 0 Å². The van der Waals surface area contributed by atoms with Crippen molar-refractivity contribution in [3.05, 3.63) is 69.8 Å². The van der Waals surface area contributed by atoms with Gasteiger partial charge in [-0.1, -0.05) is 55.9 Å². The van der Waals surface area contributed by atoms with Gasteiger partial charge in [-0.3, -0.25) is 4.90 Å². The third kappa shape index (κ3) is 6.46. The van der Waals surface area contributed by atoms with Crippen molar-refractivity contribution in [1.82, 2.24) is 4.90 Å². The Labute approximate surface area is 231 Å². The smallest absolute Gasteiger partial charge is 0.391 e. The number of oxime groups is 1. The quantitative estimate of drug-likeness (QED) is 0.272. The van der Waals surface area contributed by atoms with Crippen molar-refractivity contribution in [1.29, 1.82) is 0 Å². The lowest BCUT2D eigenvalue weighted by atomic mass is 9.78. The van der Waals surface area contributed by atoms with Gasteiger partial charge >= 0.3 is 6.18 Å². The van der Waals surface area contributed by atoms with Crippen LogP contribution in [0.1, 0.15) is 115 Å². The number of nitrogens with zero attached hydrogens (tertiary/aromatic N) is 2. The van der Waals surface area contributed by atoms with Gasteiger partial charge in [0.15, 0.2) is 0 Å². The van der Waals surface area contributed by atoms with Crippen LogP contribution in [-0.2, 0) is 30.5 Å². The summed E-state index contributed by atoms with van der Waals surface area (Å²) in [6.45, 7) is -4.80. The molecule has 0 unspecified atom stereocenters. The van der Waals surface area contributed by atoms with Gasteiger partial charge in [0.05, 0.1) is 11.3 Å². The van der Waals surface area contributed by atoms with Crippen LogP contribution in [0.3, 0.4) is 0 Å². The zero-order valence-electron chi connectivity index (χ0n) is 36.0. The molecule has 1 aliphatic carbocycles. The van der Waals surface area contributed by atoms with Crippen molar-refractivity contribution < 1.29 is 41.3 Å². The van der Waals surface area contributed by atoms with Crippen molar-refractivity contribution in [2.45, 2.75) is 84.2 Å². The molecule has 2 fully saturated rings. The maximum absolute atomic E-state index is 14.5. The summed E-state index contributed by atoms with van der Waals surface area (Å²) in [5, 5.41) is 3.63. The average Bonchev–Trinajstić information content (AvgIpc) is 2.95. The van der Waals surface area contributed by atoms with Crippen molar-refractivity contribution >= 4 is 5.71 Å². The molecule has 1 aliphatic heterocycles. The summed E-state index contributed by atoms with van der Waals surface area (Å²) in [5.74, 6) is -5.76. The SMILES string of the molecule is [2H]C([2H])([2H])/C(=N\OCc1ccc(C2C([2H])([2H])C([2H])([2H])C([2H])(C)C([2H])([2H])C2([2H])[2H])c(C(F)(F)F)c1)c1ccc(CN2CCC2)c(C([2H])([2H])C([2H])([2H])[2H])c1. The second-order valence-corrected chi connectivity index (χ2v) is 8.36. The first-order chi connectivity index (χ1) is 23.2. The first-order valence-corrected chi connectivity index (χ1v) is 11.0. The summed E-state index contributed by atoms with van der Waals surface area (Å²) >= 11 is 0. The minimum absolute atomic E-state index is 0.195. The van der Waals surface area contributed by atoms with Crippen molar-refractivity contribution in [3.8, 4) is 0 Å². The van der Waals surface area contributed by atoms with Gasteiger partial charge < -0.3 is 4.84 Å². The monoisotopic (exact) mass is 503 g/mol. The highest BCUT2D eigenvalue weighted by atomic mass is 19.4. The molecule has 0 radical (unpaired) electrons. The third-order valence-electron chi connectivity index (χ3n) is 5.79. The zero-order chi connectivity index (χ0) is 39.9. The Kier molecular flexibility index (Phi) is 3.76. The lowest BCUT2D eigenvalue weighted by molar-refractivity contribution is -0.138. The maximum atomic E-state index is 14.5. The Hall–Kier alpha value is -2.34. The fourth-order valence-corrected chi connectivity index (χ4v) is 3.76. The highest BCUT2D eigenvalue weighted by molar-refractivity contribution is 5.98. The van der Waals surface area contributed by atoms with E-state index in [0.29, 0.717) is 37.7 Å². The van der Waals surface area contributed by atoms with Crippen LogP contribution in [0.25, 0.3) is 0 Å². The molecule has 35 heavy (non-hydrogen) atoms. The predicted molar refractivity (Wildman–Crippen MR) is 135 cm³/mol. The topological polar surface area (TPSA) is 24.8 Å². The molecule has 1 saturated carbocycles. The van der Waals surface area contributed by atoms with Crippen LogP contribution < -0.4 is 0 Å². The van der Waals surface area contributed by atoms with Crippen molar-refractivity contribution in [3.63, 3.8) is 0 Å². The molecule has 6 heteroatoms. The molecular weight excluding hydrogens is 449 g/mol. The van der Waals surface area contributed by atoms with Crippen LogP contribution in [0.5, 0.6) is 0 Å². The molecule has 190 valence electrons. The fraction of sp³-hybridized carbons (Fsp3) is 0.552. The Morgan fingerprint density at radius 1 is 1.17 bits per heavy atom. The lowest BCUT2D eigenvalue weighted by Gasteiger charge is -2.31. The fourth-order valence-electron chi connectivity index (χ4n) is 3.76. The molecular formula is C29H37F3N2O.